The molecule has 2 aromatic carbocycles. The summed E-state index contributed by atoms with van der Waals surface area (Å²) in [5.41, 5.74) is 5.30. The summed E-state index contributed by atoms with van der Waals surface area (Å²) in [6.45, 7) is 9.06. The van der Waals surface area contributed by atoms with Gasteiger partial charge in [0.2, 0.25) is 0 Å². The smallest absolute Gasteiger partial charge is 0.0579 e. The van der Waals surface area contributed by atoms with Crippen molar-refractivity contribution in [2.75, 3.05) is 6.54 Å². The van der Waals surface area contributed by atoms with Crippen molar-refractivity contribution < 1.29 is 0 Å². The highest BCUT2D eigenvalue weighted by Gasteiger charge is 2.15. The van der Waals surface area contributed by atoms with Gasteiger partial charge in [0.25, 0.3) is 0 Å². The molecule has 0 spiro atoms. The monoisotopic (exact) mass is 265 g/mol. The lowest BCUT2D eigenvalue weighted by atomic mass is 9.93. The van der Waals surface area contributed by atoms with Crippen LogP contribution in [0.5, 0.6) is 0 Å². The molecule has 104 valence electrons. The molecule has 1 N–H and O–H groups in total. The molecule has 0 bridgehead atoms. The fourth-order valence-corrected chi connectivity index (χ4v) is 2.45. The van der Waals surface area contributed by atoms with Crippen molar-refractivity contribution in [3.05, 3.63) is 83.4 Å². The van der Waals surface area contributed by atoms with Gasteiger partial charge in [-0.2, -0.15) is 0 Å². The van der Waals surface area contributed by atoms with Gasteiger partial charge in [-0.1, -0.05) is 60.2 Å². The molecular weight excluding hydrogens is 242 g/mol. The molecule has 2 rings (SSSR count). The summed E-state index contributed by atoms with van der Waals surface area (Å²) in [6, 6.07) is 17.5. The molecule has 0 fully saturated rings. The first-order chi connectivity index (χ1) is 9.72. The van der Waals surface area contributed by atoms with Gasteiger partial charge in [0.05, 0.1) is 6.04 Å². The minimum absolute atomic E-state index is 0.246. The molecule has 0 heterocycles. The molecule has 1 nitrogen and oxygen atoms in total. The van der Waals surface area contributed by atoms with Crippen LogP contribution in [0.1, 0.15) is 34.7 Å². The van der Waals surface area contributed by atoms with Gasteiger partial charge in [0, 0.05) is 0 Å². The van der Waals surface area contributed by atoms with Crippen molar-refractivity contribution in [1.29, 1.82) is 0 Å². The number of hydrogen-bond donors (Lipinski definition) is 1. The van der Waals surface area contributed by atoms with Crippen molar-refractivity contribution >= 4 is 0 Å². The van der Waals surface area contributed by atoms with Gasteiger partial charge < -0.3 is 5.32 Å². The van der Waals surface area contributed by atoms with Crippen molar-refractivity contribution in [3.8, 4) is 0 Å². The van der Waals surface area contributed by atoms with E-state index in [1.807, 2.05) is 6.08 Å². The third-order valence-electron chi connectivity index (χ3n) is 3.58. The Bertz CT molecular complexity index is 557. The van der Waals surface area contributed by atoms with Gasteiger partial charge >= 0.3 is 0 Å². The Labute approximate surface area is 122 Å². The summed E-state index contributed by atoms with van der Waals surface area (Å²) in [7, 11) is 0. The Morgan fingerprint density at radius 2 is 1.85 bits per heavy atom. The first kappa shape index (κ1) is 14.5. The second-order valence-corrected chi connectivity index (χ2v) is 5.24. The number of benzene rings is 2. The summed E-state index contributed by atoms with van der Waals surface area (Å²) in [5, 5.41) is 3.65. The predicted octanol–water partition coefficient (Wildman–Crippen LogP) is 4.56. The van der Waals surface area contributed by atoms with Crippen LogP contribution in [-0.4, -0.2) is 6.54 Å². The van der Waals surface area contributed by atoms with Gasteiger partial charge in [0.15, 0.2) is 0 Å². The maximum absolute atomic E-state index is 3.79. The van der Waals surface area contributed by atoms with Gasteiger partial charge in [-0.15, -0.1) is 6.58 Å². The zero-order chi connectivity index (χ0) is 14.4. The average molecular weight is 265 g/mol. The van der Waals surface area contributed by atoms with Crippen LogP contribution >= 0.6 is 0 Å². The summed E-state index contributed by atoms with van der Waals surface area (Å²) in [6.07, 6.45) is 2.94. The topological polar surface area (TPSA) is 12.0 Å². The van der Waals surface area contributed by atoms with E-state index < -0.39 is 0 Å². The van der Waals surface area contributed by atoms with Gasteiger partial charge in [0.1, 0.15) is 0 Å². The van der Waals surface area contributed by atoms with Crippen LogP contribution in [0.2, 0.25) is 0 Å². The predicted molar refractivity (Wildman–Crippen MR) is 87.0 cm³/mol. The van der Waals surface area contributed by atoms with Crippen molar-refractivity contribution in [2.24, 2.45) is 0 Å². The molecule has 0 aliphatic carbocycles. The summed E-state index contributed by atoms with van der Waals surface area (Å²) < 4.78 is 0. The highest BCUT2D eigenvalue weighted by Crippen LogP contribution is 2.25. The van der Waals surface area contributed by atoms with E-state index in [9.17, 15) is 0 Å². The second kappa shape index (κ2) is 7.06. The molecule has 1 heteroatoms. The number of aryl methyl sites for hydroxylation is 2. The van der Waals surface area contributed by atoms with E-state index in [-0.39, 0.29) is 6.04 Å². The van der Waals surface area contributed by atoms with E-state index in [2.05, 4.69) is 74.3 Å². The van der Waals surface area contributed by atoms with E-state index in [0.717, 1.165) is 13.0 Å². The summed E-state index contributed by atoms with van der Waals surface area (Å²) >= 11 is 0. The van der Waals surface area contributed by atoms with Crippen LogP contribution in [0.3, 0.4) is 0 Å². The Morgan fingerprint density at radius 3 is 2.55 bits per heavy atom. The van der Waals surface area contributed by atoms with Crippen molar-refractivity contribution in [1.82, 2.24) is 5.32 Å². The highest BCUT2D eigenvalue weighted by molar-refractivity contribution is 5.39. The van der Waals surface area contributed by atoms with E-state index in [0.29, 0.717) is 0 Å². The number of hydrogen-bond acceptors (Lipinski definition) is 1. The van der Waals surface area contributed by atoms with Gasteiger partial charge in [-0.05, 0) is 43.5 Å². The third-order valence-corrected chi connectivity index (χ3v) is 3.58. The molecule has 0 radical (unpaired) electrons. The molecule has 0 saturated heterocycles. The van der Waals surface area contributed by atoms with Gasteiger partial charge in [-0.25, -0.2) is 0 Å². The Hall–Kier alpha value is -1.86. The van der Waals surface area contributed by atoms with E-state index in [4.69, 9.17) is 0 Å². The third kappa shape index (κ3) is 3.58. The van der Waals surface area contributed by atoms with Crippen LogP contribution in [0, 0.1) is 13.8 Å². The molecule has 0 amide bonds. The van der Waals surface area contributed by atoms with Crippen LogP contribution in [0.4, 0.5) is 0 Å². The highest BCUT2D eigenvalue weighted by atomic mass is 14.9. The second-order valence-electron chi connectivity index (χ2n) is 5.24. The molecule has 1 unspecified atom stereocenters. The summed E-state index contributed by atoms with van der Waals surface area (Å²) in [4.78, 5) is 0. The van der Waals surface area contributed by atoms with Gasteiger partial charge in [-0.3, -0.25) is 0 Å². The lowest BCUT2D eigenvalue weighted by Gasteiger charge is -2.22. The molecule has 0 aliphatic heterocycles. The lowest BCUT2D eigenvalue weighted by Crippen LogP contribution is -2.24. The zero-order valence-corrected chi connectivity index (χ0v) is 12.4. The standard InChI is InChI=1S/C19H23N/c1-4-5-13-20-19(17-9-7-6-8-10-17)18-14-15(2)11-12-16(18)3/h4,6-12,14,19-20H,1,5,13H2,2-3H3. The Kier molecular flexibility index (Phi) is 5.14. The fourth-order valence-electron chi connectivity index (χ4n) is 2.45. The first-order valence-electron chi connectivity index (χ1n) is 7.18. The normalized spacial score (nSPS) is 12.1. The number of rotatable bonds is 6. The lowest BCUT2D eigenvalue weighted by molar-refractivity contribution is 0.608. The SMILES string of the molecule is C=CCCNC(c1ccccc1)c1cc(C)ccc1C. The minimum atomic E-state index is 0.246. The van der Waals surface area contributed by atoms with Crippen molar-refractivity contribution in [2.45, 2.75) is 26.3 Å². The van der Waals surface area contributed by atoms with Crippen LogP contribution in [0.15, 0.2) is 61.2 Å². The van der Waals surface area contributed by atoms with Crippen molar-refractivity contribution in [3.63, 3.8) is 0 Å². The molecule has 0 aromatic heterocycles. The molecule has 0 saturated carbocycles. The maximum atomic E-state index is 3.79. The molecule has 20 heavy (non-hydrogen) atoms. The molecule has 2 aromatic rings. The van der Waals surface area contributed by atoms with E-state index in [1.54, 1.807) is 0 Å². The number of nitrogens with one attached hydrogen (secondary N) is 1. The molecular formula is C19H23N. The van der Waals surface area contributed by atoms with Crippen LogP contribution in [-0.2, 0) is 0 Å². The first-order valence-corrected chi connectivity index (χ1v) is 7.18. The summed E-state index contributed by atoms with van der Waals surface area (Å²) in [5.74, 6) is 0. The minimum Gasteiger partial charge on any atom is -0.306 e. The van der Waals surface area contributed by atoms with E-state index in [1.165, 1.54) is 22.3 Å². The molecule has 0 aliphatic rings. The van der Waals surface area contributed by atoms with Crippen LogP contribution in [0.25, 0.3) is 0 Å². The maximum Gasteiger partial charge on any atom is 0.0579 e. The molecule has 1 atom stereocenters. The van der Waals surface area contributed by atoms with E-state index >= 15 is 0 Å². The fraction of sp³-hybridized carbons (Fsp3) is 0.263. The van der Waals surface area contributed by atoms with Crippen LogP contribution < -0.4 is 5.32 Å². The zero-order valence-electron chi connectivity index (χ0n) is 12.4. The average Bonchev–Trinajstić information content (AvgIpc) is 2.48. The largest absolute Gasteiger partial charge is 0.306 e. The Balaban J connectivity index is 2.35. The Morgan fingerprint density at radius 1 is 1.10 bits per heavy atom. The quantitative estimate of drug-likeness (QED) is 0.596.